The summed E-state index contributed by atoms with van der Waals surface area (Å²) in [4.78, 5) is 9.34. The fourth-order valence-corrected chi connectivity index (χ4v) is 3.85. The van der Waals surface area contributed by atoms with Crippen molar-refractivity contribution in [2.24, 2.45) is 0 Å². The van der Waals surface area contributed by atoms with E-state index in [0.717, 1.165) is 72.7 Å². The molecule has 0 aliphatic carbocycles. The standard InChI is InChI=1S/C19H23N9/c1-13-12-19(28-18(20-13)11-14(2)23-28)26-8-4-7-25(9-10-26)17-6-5-16-22-21-15(3)27(16)24-17/h5-6,11-12H,4,7-10H2,1-3H3. The second kappa shape index (κ2) is 6.43. The average Bonchev–Trinajstić information content (AvgIpc) is 3.13. The van der Waals surface area contributed by atoms with E-state index < -0.39 is 0 Å². The van der Waals surface area contributed by atoms with Crippen molar-refractivity contribution in [1.29, 1.82) is 0 Å². The highest BCUT2D eigenvalue weighted by Gasteiger charge is 2.20. The summed E-state index contributed by atoms with van der Waals surface area (Å²) in [6.45, 7) is 9.69. The fraction of sp³-hybridized carbons (Fsp3) is 0.421. The molecule has 0 saturated carbocycles. The van der Waals surface area contributed by atoms with Gasteiger partial charge >= 0.3 is 0 Å². The molecular formula is C19H23N9. The van der Waals surface area contributed by atoms with Gasteiger partial charge in [0, 0.05) is 44.0 Å². The largest absolute Gasteiger partial charge is 0.355 e. The molecule has 1 aliphatic heterocycles. The lowest BCUT2D eigenvalue weighted by molar-refractivity contribution is 0.764. The molecule has 9 heteroatoms. The Hall–Kier alpha value is -3.23. The summed E-state index contributed by atoms with van der Waals surface area (Å²) in [5, 5.41) is 17.6. The Balaban J connectivity index is 1.43. The van der Waals surface area contributed by atoms with E-state index in [-0.39, 0.29) is 0 Å². The van der Waals surface area contributed by atoms with Crippen LogP contribution in [0, 0.1) is 20.8 Å². The van der Waals surface area contributed by atoms with Crippen LogP contribution >= 0.6 is 0 Å². The second-order valence-corrected chi connectivity index (χ2v) is 7.35. The maximum absolute atomic E-state index is 4.74. The van der Waals surface area contributed by atoms with Gasteiger partial charge in [-0.15, -0.1) is 15.3 Å². The quantitative estimate of drug-likeness (QED) is 0.527. The van der Waals surface area contributed by atoms with E-state index >= 15 is 0 Å². The van der Waals surface area contributed by atoms with Gasteiger partial charge in [0.2, 0.25) is 0 Å². The molecule has 9 nitrogen and oxygen atoms in total. The van der Waals surface area contributed by atoms with E-state index in [9.17, 15) is 0 Å². The number of aryl methyl sites for hydroxylation is 3. The van der Waals surface area contributed by atoms with Gasteiger partial charge in [-0.3, -0.25) is 0 Å². The zero-order chi connectivity index (χ0) is 19.3. The van der Waals surface area contributed by atoms with Gasteiger partial charge in [0.25, 0.3) is 0 Å². The van der Waals surface area contributed by atoms with Gasteiger partial charge in [-0.05, 0) is 39.3 Å². The lowest BCUT2D eigenvalue weighted by Gasteiger charge is -2.24. The average molecular weight is 377 g/mol. The molecule has 0 aromatic carbocycles. The first-order chi connectivity index (χ1) is 13.6. The summed E-state index contributed by atoms with van der Waals surface area (Å²) in [6.07, 6.45) is 1.05. The lowest BCUT2D eigenvalue weighted by atomic mass is 10.3. The summed E-state index contributed by atoms with van der Waals surface area (Å²) in [5.74, 6) is 2.87. The first-order valence-electron chi connectivity index (χ1n) is 9.61. The van der Waals surface area contributed by atoms with Gasteiger partial charge < -0.3 is 9.80 Å². The minimum Gasteiger partial charge on any atom is -0.355 e. The van der Waals surface area contributed by atoms with Gasteiger partial charge in [-0.1, -0.05) is 0 Å². The van der Waals surface area contributed by atoms with E-state index in [1.54, 1.807) is 4.52 Å². The van der Waals surface area contributed by atoms with Crippen LogP contribution in [-0.2, 0) is 0 Å². The van der Waals surface area contributed by atoms with Crippen LogP contribution in [0.2, 0.25) is 0 Å². The van der Waals surface area contributed by atoms with Crippen molar-refractivity contribution in [1.82, 2.24) is 34.4 Å². The summed E-state index contributed by atoms with van der Waals surface area (Å²) in [5.41, 5.74) is 3.68. The maximum atomic E-state index is 4.74. The minimum atomic E-state index is 0.779. The van der Waals surface area contributed by atoms with Crippen molar-refractivity contribution in [3.8, 4) is 0 Å². The molecule has 5 rings (SSSR count). The molecule has 0 unspecified atom stereocenters. The number of aromatic nitrogens is 7. The molecule has 0 spiro atoms. The monoisotopic (exact) mass is 377 g/mol. The number of hydrogen-bond acceptors (Lipinski definition) is 7. The van der Waals surface area contributed by atoms with E-state index in [1.165, 1.54) is 0 Å². The van der Waals surface area contributed by atoms with Crippen molar-refractivity contribution in [2.75, 3.05) is 36.0 Å². The van der Waals surface area contributed by atoms with Crippen LogP contribution in [0.15, 0.2) is 24.3 Å². The SMILES string of the molecule is Cc1cc(N2CCCN(c3ccc4nnc(C)n4n3)CC2)n2nc(C)cc2n1. The zero-order valence-electron chi connectivity index (χ0n) is 16.4. The predicted molar refractivity (Wildman–Crippen MR) is 107 cm³/mol. The summed E-state index contributed by atoms with van der Waals surface area (Å²) in [6, 6.07) is 8.17. The number of rotatable bonds is 2. The first-order valence-corrected chi connectivity index (χ1v) is 9.61. The van der Waals surface area contributed by atoms with Crippen molar-refractivity contribution in [2.45, 2.75) is 27.2 Å². The Morgan fingerprint density at radius 1 is 0.750 bits per heavy atom. The van der Waals surface area contributed by atoms with Crippen LogP contribution in [-0.4, -0.2) is 60.6 Å². The highest BCUT2D eigenvalue weighted by atomic mass is 15.4. The van der Waals surface area contributed by atoms with Gasteiger partial charge in [0.05, 0.1) is 5.69 Å². The van der Waals surface area contributed by atoms with Gasteiger partial charge in [-0.25, -0.2) is 4.98 Å². The summed E-state index contributed by atoms with van der Waals surface area (Å²) < 4.78 is 3.77. The smallest absolute Gasteiger partial charge is 0.178 e. The Bertz CT molecular complexity index is 1160. The lowest BCUT2D eigenvalue weighted by Crippen LogP contribution is -2.32. The third kappa shape index (κ3) is 2.83. The van der Waals surface area contributed by atoms with E-state index in [0.29, 0.717) is 0 Å². The number of hydrogen-bond donors (Lipinski definition) is 0. The van der Waals surface area contributed by atoms with Crippen molar-refractivity contribution in [3.63, 3.8) is 0 Å². The van der Waals surface area contributed by atoms with Crippen molar-refractivity contribution >= 4 is 22.9 Å². The molecule has 4 aromatic rings. The van der Waals surface area contributed by atoms with Crippen LogP contribution in [0.1, 0.15) is 23.6 Å². The molecule has 0 N–H and O–H groups in total. The third-order valence-electron chi connectivity index (χ3n) is 5.21. The zero-order valence-corrected chi connectivity index (χ0v) is 16.4. The van der Waals surface area contributed by atoms with Crippen molar-refractivity contribution < 1.29 is 0 Å². The fourth-order valence-electron chi connectivity index (χ4n) is 3.85. The van der Waals surface area contributed by atoms with Crippen LogP contribution in [0.4, 0.5) is 11.6 Å². The topological polar surface area (TPSA) is 79.8 Å². The molecule has 1 saturated heterocycles. The van der Waals surface area contributed by atoms with Crippen LogP contribution < -0.4 is 9.80 Å². The normalized spacial score (nSPS) is 15.5. The Kier molecular flexibility index (Phi) is 3.88. The minimum absolute atomic E-state index is 0.779. The highest BCUT2D eigenvalue weighted by Crippen LogP contribution is 2.21. The summed E-state index contributed by atoms with van der Waals surface area (Å²) >= 11 is 0. The number of nitrogens with zero attached hydrogens (tertiary/aromatic N) is 9. The van der Waals surface area contributed by atoms with Crippen LogP contribution in [0.3, 0.4) is 0 Å². The van der Waals surface area contributed by atoms with Gasteiger partial charge in [0.15, 0.2) is 17.1 Å². The van der Waals surface area contributed by atoms with Crippen LogP contribution in [0.25, 0.3) is 11.3 Å². The molecule has 0 radical (unpaired) electrons. The van der Waals surface area contributed by atoms with E-state index in [2.05, 4.69) is 36.1 Å². The maximum Gasteiger partial charge on any atom is 0.178 e. The van der Waals surface area contributed by atoms with Crippen LogP contribution in [0.5, 0.6) is 0 Å². The first kappa shape index (κ1) is 16.9. The molecule has 0 atom stereocenters. The molecule has 28 heavy (non-hydrogen) atoms. The molecule has 0 amide bonds. The van der Waals surface area contributed by atoms with Crippen molar-refractivity contribution in [3.05, 3.63) is 41.5 Å². The van der Waals surface area contributed by atoms with Gasteiger partial charge in [-0.2, -0.15) is 14.1 Å². The Morgan fingerprint density at radius 2 is 1.57 bits per heavy atom. The van der Waals surface area contributed by atoms with E-state index in [1.807, 2.05) is 43.5 Å². The van der Waals surface area contributed by atoms with E-state index in [4.69, 9.17) is 5.10 Å². The molecule has 1 aliphatic rings. The summed E-state index contributed by atoms with van der Waals surface area (Å²) in [7, 11) is 0. The Labute approximate surface area is 162 Å². The highest BCUT2D eigenvalue weighted by molar-refractivity contribution is 5.53. The molecule has 5 heterocycles. The number of fused-ring (bicyclic) bond motifs is 2. The molecule has 4 aromatic heterocycles. The second-order valence-electron chi connectivity index (χ2n) is 7.35. The molecule has 0 bridgehead atoms. The molecular weight excluding hydrogens is 354 g/mol. The van der Waals surface area contributed by atoms with Gasteiger partial charge in [0.1, 0.15) is 11.6 Å². The third-order valence-corrected chi connectivity index (χ3v) is 5.21. The predicted octanol–water partition coefficient (Wildman–Crippen LogP) is 1.81. The number of anilines is 2. The molecule has 1 fully saturated rings. The Morgan fingerprint density at radius 3 is 2.46 bits per heavy atom. The molecule has 144 valence electrons.